The number of carbonyl (C=O) groups excluding carboxylic acids is 1. The summed E-state index contributed by atoms with van der Waals surface area (Å²) in [5.41, 5.74) is 5.33. The van der Waals surface area contributed by atoms with Crippen LogP contribution >= 0.6 is 11.6 Å². The van der Waals surface area contributed by atoms with E-state index >= 15 is 0 Å². The lowest BCUT2D eigenvalue weighted by Crippen LogP contribution is -3.11. The van der Waals surface area contributed by atoms with Gasteiger partial charge in [-0.05, 0) is 43.2 Å². The van der Waals surface area contributed by atoms with Crippen LogP contribution in [0.5, 0.6) is 0 Å². The molecule has 4 rings (SSSR count). The van der Waals surface area contributed by atoms with E-state index in [4.69, 9.17) is 11.6 Å². The summed E-state index contributed by atoms with van der Waals surface area (Å²) in [6.07, 6.45) is 2.00. The number of quaternary nitrogens is 1. The van der Waals surface area contributed by atoms with Gasteiger partial charge >= 0.3 is 0 Å². The SMILES string of the molecule is Cc1cccc(N2CCN(C(=O)C3CC[NH+](Cc4ccc(Cl)cc4)CC3)CC2)c1C. The van der Waals surface area contributed by atoms with E-state index < -0.39 is 0 Å². The average molecular weight is 427 g/mol. The van der Waals surface area contributed by atoms with Crippen molar-refractivity contribution in [2.24, 2.45) is 5.92 Å². The van der Waals surface area contributed by atoms with Crippen molar-refractivity contribution in [2.45, 2.75) is 33.2 Å². The molecule has 0 radical (unpaired) electrons. The zero-order valence-corrected chi connectivity index (χ0v) is 18.9. The number of aryl methyl sites for hydroxylation is 1. The van der Waals surface area contributed by atoms with E-state index in [1.807, 2.05) is 12.1 Å². The highest BCUT2D eigenvalue weighted by Crippen LogP contribution is 2.24. The van der Waals surface area contributed by atoms with Gasteiger partial charge in [0.15, 0.2) is 0 Å². The van der Waals surface area contributed by atoms with Crippen LogP contribution in [0.1, 0.15) is 29.5 Å². The maximum Gasteiger partial charge on any atom is 0.226 e. The molecule has 0 unspecified atom stereocenters. The number of benzene rings is 2. The molecular weight excluding hydrogens is 394 g/mol. The van der Waals surface area contributed by atoms with Crippen molar-refractivity contribution in [3.63, 3.8) is 0 Å². The van der Waals surface area contributed by atoms with Crippen molar-refractivity contribution in [1.82, 2.24) is 4.90 Å². The summed E-state index contributed by atoms with van der Waals surface area (Å²) in [5.74, 6) is 0.576. The monoisotopic (exact) mass is 426 g/mol. The molecule has 0 atom stereocenters. The van der Waals surface area contributed by atoms with Crippen LogP contribution in [-0.4, -0.2) is 50.1 Å². The van der Waals surface area contributed by atoms with Crippen LogP contribution in [0.25, 0.3) is 0 Å². The quantitative estimate of drug-likeness (QED) is 0.813. The molecule has 0 bridgehead atoms. The second kappa shape index (κ2) is 9.40. The standard InChI is InChI=1S/C25H32ClN3O/c1-19-4-3-5-24(20(19)2)28-14-16-29(17-15-28)25(30)22-10-12-27(13-11-22)18-21-6-8-23(26)9-7-21/h3-9,22H,10-18H2,1-2H3/p+1. The van der Waals surface area contributed by atoms with E-state index in [2.05, 4.69) is 54.0 Å². The molecule has 2 heterocycles. The number of hydrogen-bond donors (Lipinski definition) is 1. The normalized spacial score (nSPS) is 22.2. The van der Waals surface area contributed by atoms with Crippen LogP contribution in [0.3, 0.4) is 0 Å². The number of piperidine rings is 1. The van der Waals surface area contributed by atoms with Gasteiger partial charge in [-0.25, -0.2) is 0 Å². The predicted molar refractivity (Wildman–Crippen MR) is 123 cm³/mol. The maximum absolute atomic E-state index is 13.1. The maximum atomic E-state index is 13.1. The second-order valence-electron chi connectivity index (χ2n) is 8.86. The minimum absolute atomic E-state index is 0.200. The number of nitrogens with zero attached hydrogens (tertiary/aromatic N) is 2. The van der Waals surface area contributed by atoms with E-state index in [0.29, 0.717) is 5.91 Å². The largest absolute Gasteiger partial charge is 0.368 e. The molecule has 2 aromatic carbocycles. The molecule has 5 heteroatoms. The molecule has 2 aromatic rings. The summed E-state index contributed by atoms with van der Waals surface area (Å²) in [7, 11) is 0. The van der Waals surface area contributed by atoms with Gasteiger partial charge in [-0.3, -0.25) is 4.79 Å². The topological polar surface area (TPSA) is 28.0 Å². The fourth-order valence-electron chi connectivity index (χ4n) is 4.84. The van der Waals surface area contributed by atoms with Gasteiger partial charge in [0.05, 0.1) is 13.1 Å². The number of likely N-dealkylation sites (tertiary alicyclic amines) is 1. The summed E-state index contributed by atoms with van der Waals surface area (Å²) >= 11 is 5.99. The van der Waals surface area contributed by atoms with Gasteiger partial charge in [-0.1, -0.05) is 35.9 Å². The number of carbonyl (C=O) groups is 1. The van der Waals surface area contributed by atoms with Gasteiger partial charge < -0.3 is 14.7 Å². The zero-order valence-electron chi connectivity index (χ0n) is 18.2. The van der Waals surface area contributed by atoms with Gasteiger partial charge in [0.2, 0.25) is 5.91 Å². The van der Waals surface area contributed by atoms with Gasteiger partial charge in [-0.15, -0.1) is 0 Å². The Morgan fingerprint density at radius 2 is 1.67 bits per heavy atom. The van der Waals surface area contributed by atoms with Crippen LogP contribution in [0.15, 0.2) is 42.5 Å². The van der Waals surface area contributed by atoms with Gasteiger partial charge in [0.1, 0.15) is 6.54 Å². The lowest BCUT2D eigenvalue weighted by molar-refractivity contribution is -0.919. The predicted octanol–water partition coefficient (Wildman–Crippen LogP) is 3.10. The second-order valence-corrected chi connectivity index (χ2v) is 9.30. The molecule has 1 amide bonds. The lowest BCUT2D eigenvalue weighted by atomic mass is 9.94. The first kappa shape index (κ1) is 21.2. The van der Waals surface area contributed by atoms with E-state index in [0.717, 1.165) is 63.7 Å². The fourth-order valence-corrected chi connectivity index (χ4v) is 4.97. The van der Waals surface area contributed by atoms with Crippen LogP contribution in [0.2, 0.25) is 5.02 Å². The van der Waals surface area contributed by atoms with Gasteiger partial charge in [0, 0.05) is 61.2 Å². The Balaban J connectivity index is 1.26. The summed E-state index contributed by atoms with van der Waals surface area (Å²) in [6.45, 7) is 11.1. The van der Waals surface area contributed by atoms with Crippen molar-refractivity contribution < 1.29 is 9.69 Å². The van der Waals surface area contributed by atoms with E-state index in [1.54, 1.807) is 4.90 Å². The summed E-state index contributed by atoms with van der Waals surface area (Å²) in [5, 5.41) is 0.788. The molecular formula is C25H33ClN3O+. The van der Waals surface area contributed by atoms with E-state index in [-0.39, 0.29) is 5.92 Å². The first-order valence-electron chi connectivity index (χ1n) is 11.2. The first-order valence-corrected chi connectivity index (χ1v) is 11.6. The van der Waals surface area contributed by atoms with Gasteiger partial charge in [0.25, 0.3) is 0 Å². The van der Waals surface area contributed by atoms with Gasteiger partial charge in [-0.2, -0.15) is 0 Å². The number of rotatable bonds is 4. The minimum Gasteiger partial charge on any atom is -0.368 e. The molecule has 2 fully saturated rings. The number of halogens is 1. The average Bonchev–Trinajstić information content (AvgIpc) is 2.77. The Morgan fingerprint density at radius 1 is 1.00 bits per heavy atom. The number of nitrogens with one attached hydrogen (secondary N) is 1. The van der Waals surface area contributed by atoms with Crippen molar-refractivity contribution in [3.8, 4) is 0 Å². The fraction of sp³-hybridized carbons (Fsp3) is 0.480. The minimum atomic E-state index is 0.200. The third-order valence-electron chi connectivity index (χ3n) is 6.92. The molecule has 0 aromatic heterocycles. The van der Waals surface area contributed by atoms with Crippen molar-refractivity contribution in [2.75, 3.05) is 44.2 Å². The molecule has 30 heavy (non-hydrogen) atoms. The number of anilines is 1. The summed E-state index contributed by atoms with van der Waals surface area (Å²) < 4.78 is 0. The molecule has 2 aliphatic rings. The third-order valence-corrected chi connectivity index (χ3v) is 7.17. The number of piperazine rings is 1. The molecule has 0 saturated carbocycles. The lowest BCUT2D eigenvalue weighted by Gasteiger charge is -2.39. The Bertz CT molecular complexity index is 866. The molecule has 2 saturated heterocycles. The van der Waals surface area contributed by atoms with E-state index in [9.17, 15) is 4.79 Å². The molecule has 4 nitrogen and oxygen atoms in total. The highest BCUT2D eigenvalue weighted by molar-refractivity contribution is 6.30. The smallest absolute Gasteiger partial charge is 0.226 e. The Hall–Kier alpha value is -2.04. The molecule has 160 valence electrons. The highest BCUT2D eigenvalue weighted by atomic mass is 35.5. The number of amides is 1. The molecule has 0 spiro atoms. The highest BCUT2D eigenvalue weighted by Gasteiger charge is 2.32. The van der Waals surface area contributed by atoms with Crippen molar-refractivity contribution in [1.29, 1.82) is 0 Å². The van der Waals surface area contributed by atoms with Crippen LogP contribution in [0.4, 0.5) is 5.69 Å². The van der Waals surface area contributed by atoms with Crippen LogP contribution in [-0.2, 0) is 11.3 Å². The van der Waals surface area contributed by atoms with E-state index in [1.165, 1.54) is 22.4 Å². The zero-order chi connectivity index (χ0) is 21.1. The van der Waals surface area contributed by atoms with Crippen molar-refractivity contribution in [3.05, 3.63) is 64.2 Å². The van der Waals surface area contributed by atoms with Crippen LogP contribution < -0.4 is 9.80 Å². The Morgan fingerprint density at radius 3 is 2.33 bits per heavy atom. The number of hydrogen-bond acceptors (Lipinski definition) is 2. The Kier molecular flexibility index (Phi) is 6.64. The van der Waals surface area contributed by atoms with Crippen LogP contribution in [0, 0.1) is 19.8 Å². The molecule has 2 aliphatic heterocycles. The molecule has 1 N–H and O–H groups in total. The third kappa shape index (κ3) is 4.81. The summed E-state index contributed by atoms with van der Waals surface area (Å²) in [6, 6.07) is 14.7. The first-order chi connectivity index (χ1) is 14.5. The Labute approximate surface area is 185 Å². The van der Waals surface area contributed by atoms with Crippen molar-refractivity contribution >= 4 is 23.2 Å². The molecule has 0 aliphatic carbocycles. The summed E-state index contributed by atoms with van der Waals surface area (Å²) in [4.78, 5) is 19.2.